The van der Waals surface area contributed by atoms with Crippen LogP contribution in [0, 0.1) is 11.8 Å². The Morgan fingerprint density at radius 3 is 2.67 bits per heavy atom. The van der Waals surface area contributed by atoms with Crippen molar-refractivity contribution < 1.29 is 14.3 Å². The molecule has 1 aromatic carbocycles. The predicted molar refractivity (Wildman–Crippen MR) is 107 cm³/mol. The number of carbonyl (C=O) groups excluding carboxylic acids is 1. The molecule has 0 aliphatic carbocycles. The second kappa shape index (κ2) is 9.56. The summed E-state index contributed by atoms with van der Waals surface area (Å²) in [7, 11) is 1.70. The van der Waals surface area contributed by atoms with E-state index in [0.29, 0.717) is 24.9 Å². The van der Waals surface area contributed by atoms with Gasteiger partial charge in [0, 0.05) is 38.3 Å². The number of piperidine rings is 1. The molecule has 5 nitrogen and oxygen atoms in total. The fraction of sp³-hybridized carbons (Fsp3) is 0.682. The Hall–Kier alpha value is -1.59. The first kappa shape index (κ1) is 20.2. The highest BCUT2D eigenvalue weighted by molar-refractivity contribution is 5.78. The molecule has 2 aliphatic rings. The summed E-state index contributed by atoms with van der Waals surface area (Å²) in [4.78, 5) is 17.3. The van der Waals surface area contributed by atoms with Crippen molar-refractivity contribution >= 4 is 5.91 Å². The molecule has 0 radical (unpaired) electrons. The van der Waals surface area contributed by atoms with E-state index in [4.69, 9.17) is 9.47 Å². The van der Waals surface area contributed by atoms with E-state index in [9.17, 15) is 4.79 Å². The Bertz CT molecular complexity index is 605. The zero-order valence-electron chi connectivity index (χ0n) is 17.0. The van der Waals surface area contributed by atoms with Gasteiger partial charge in [-0.1, -0.05) is 32.0 Å². The van der Waals surface area contributed by atoms with E-state index in [1.54, 1.807) is 7.11 Å². The van der Waals surface area contributed by atoms with Crippen molar-refractivity contribution in [1.29, 1.82) is 0 Å². The lowest BCUT2D eigenvalue weighted by molar-refractivity contribution is -0.135. The maximum absolute atomic E-state index is 13.0. The van der Waals surface area contributed by atoms with Crippen molar-refractivity contribution in [2.24, 2.45) is 11.8 Å². The molecule has 2 aliphatic heterocycles. The molecule has 2 fully saturated rings. The van der Waals surface area contributed by atoms with Crippen LogP contribution < -0.4 is 4.74 Å². The highest BCUT2D eigenvalue weighted by atomic mass is 16.5. The van der Waals surface area contributed by atoms with Gasteiger partial charge in [-0.15, -0.1) is 0 Å². The van der Waals surface area contributed by atoms with Gasteiger partial charge >= 0.3 is 0 Å². The lowest BCUT2D eigenvalue weighted by Crippen LogP contribution is -2.47. The molecule has 5 heteroatoms. The molecule has 3 unspecified atom stereocenters. The van der Waals surface area contributed by atoms with Gasteiger partial charge < -0.3 is 14.4 Å². The van der Waals surface area contributed by atoms with E-state index in [2.05, 4.69) is 29.7 Å². The number of hydrogen-bond donors (Lipinski definition) is 0. The van der Waals surface area contributed by atoms with Crippen LogP contribution >= 0.6 is 0 Å². The monoisotopic (exact) mass is 374 g/mol. The summed E-state index contributed by atoms with van der Waals surface area (Å²) < 4.78 is 11.4. The van der Waals surface area contributed by atoms with Crippen LogP contribution in [-0.4, -0.2) is 61.7 Å². The minimum atomic E-state index is 0.228. The van der Waals surface area contributed by atoms with E-state index < -0.39 is 0 Å². The Morgan fingerprint density at radius 2 is 2.00 bits per heavy atom. The lowest BCUT2D eigenvalue weighted by Gasteiger charge is -2.36. The Kier molecular flexibility index (Phi) is 7.13. The number of carbonyl (C=O) groups is 1. The van der Waals surface area contributed by atoms with E-state index in [1.165, 1.54) is 6.42 Å². The number of amides is 1. The van der Waals surface area contributed by atoms with Gasteiger partial charge in [-0.05, 0) is 37.2 Å². The van der Waals surface area contributed by atoms with Crippen LogP contribution in [0.25, 0.3) is 0 Å². The molecule has 3 atom stereocenters. The summed E-state index contributed by atoms with van der Waals surface area (Å²) in [5.41, 5.74) is 1.12. The van der Waals surface area contributed by atoms with Gasteiger partial charge in [0.2, 0.25) is 5.91 Å². The van der Waals surface area contributed by atoms with Crippen LogP contribution in [0.15, 0.2) is 24.3 Å². The van der Waals surface area contributed by atoms with Crippen molar-refractivity contribution in [2.45, 2.75) is 45.8 Å². The van der Waals surface area contributed by atoms with Crippen LogP contribution in [0.2, 0.25) is 0 Å². The van der Waals surface area contributed by atoms with E-state index >= 15 is 0 Å². The van der Waals surface area contributed by atoms with Crippen LogP contribution in [0.4, 0.5) is 0 Å². The maximum atomic E-state index is 13.0. The molecular weight excluding hydrogens is 340 g/mol. The average Bonchev–Trinajstić information content (AvgIpc) is 3.14. The number of methoxy groups -OCH3 is 1. The molecule has 1 aromatic rings. The molecule has 0 N–H and O–H groups in total. The summed E-state index contributed by atoms with van der Waals surface area (Å²) in [5, 5.41) is 0. The highest BCUT2D eigenvalue weighted by Crippen LogP contribution is 2.23. The van der Waals surface area contributed by atoms with Gasteiger partial charge in [-0.2, -0.15) is 0 Å². The van der Waals surface area contributed by atoms with Gasteiger partial charge in [-0.25, -0.2) is 0 Å². The summed E-state index contributed by atoms with van der Waals surface area (Å²) in [6, 6.07) is 8.07. The number of benzene rings is 1. The minimum absolute atomic E-state index is 0.228. The first-order valence-electron chi connectivity index (χ1n) is 10.3. The molecule has 27 heavy (non-hydrogen) atoms. The molecule has 150 valence electrons. The van der Waals surface area contributed by atoms with Crippen LogP contribution in [-0.2, 0) is 16.1 Å². The van der Waals surface area contributed by atoms with E-state index in [-0.39, 0.29) is 12.0 Å². The summed E-state index contributed by atoms with van der Waals surface area (Å²) in [5.74, 6) is 2.28. The number of ether oxygens (including phenoxy) is 2. The quantitative estimate of drug-likeness (QED) is 0.735. The minimum Gasteiger partial charge on any atom is -0.496 e. The second-order valence-corrected chi connectivity index (χ2v) is 8.36. The number of rotatable bonds is 7. The third-order valence-electron chi connectivity index (χ3n) is 5.65. The fourth-order valence-electron chi connectivity index (χ4n) is 4.49. The van der Waals surface area contributed by atoms with E-state index in [0.717, 1.165) is 50.4 Å². The predicted octanol–water partition coefficient (Wildman–Crippen LogP) is 3.18. The SMILES string of the molecule is COc1ccccc1CN(CC(=O)N1CC(C)CC(C)C1)CC1CCCO1. The topological polar surface area (TPSA) is 42.0 Å². The van der Waals surface area contributed by atoms with Crippen molar-refractivity contribution in [3.8, 4) is 5.75 Å². The van der Waals surface area contributed by atoms with Crippen molar-refractivity contribution in [2.75, 3.05) is 39.9 Å². The molecule has 2 saturated heterocycles. The van der Waals surface area contributed by atoms with Gasteiger partial charge in [0.15, 0.2) is 0 Å². The van der Waals surface area contributed by atoms with Crippen LogP contribution in [0.5, 0.6) is 5.75 Å². The number of hydrogen-bond acceptors (Lipinski definition) is 4. The Morgan fingerprint density at radius 1 is 1.26 bits per heavy atom. The van der Waals surface area contributed by atoms with Crippen molar-refractivity contribution in [1.82, 2.24) is 9.80 Å². The van der Waals surface area contributed by atoms with E-state index in [1.807, 2.05) is 18.2 Å². The third-order valence-corrected chi connectivity index (χ3v) is 5.65. The number of likely N-dealkylation sites (tertiary alicyclic amines) is 1. The second-order valence-electron chi connectivity index (χ2n) is 8.36. The lowest BCUT2D eigenvalue weighted by atomic mass is 9.92. The molecule has 1 amide bonds. The molecule has 0 bridgehead atoms. The van der Waals surface area contributed by atoms with Crippen molar-refractivity contribution in [3.05, 3.63) is 29.8 Å². The number of para-hydroxylation sites is 1. The Balaban J connectivity index is 1.68. The average molecular weight is 375 g/mol. The largest absolute Gasteiger partial charge is 0.496 e. The Labute approximate surface area is 163 Å². The maximum Gasteiger partial charge on any atom is 0.236 e. The highest BCUT2D eigenvalue weighted by Gasteiger charge is 2.28. The first-order chi connectivity index (χ1) is 13.0. The zero-order chi connectivity index (χ0) is 19.2. The van der Waals surface area contributed by atoms with Crippen LogP contribution in [0.1, 0.15) is 38.7 Å². The molecule has 0 saturated carbocycles. The number of nitrogens with zero attached hydrogens (tertiary/aromatic N) is 2. The molecule has 0 spiro atoms. The third kappa shape index (κ3) is 5.69. The fourth-order valence-corrected chi connectivity index (χ4v) is 4.49. The summed E-state index contributed by atoms with van der Waals surface area (Å²) >= 11 is 0. The van der Waals surface area contributed by atoms with Gasteiger partial charge in [0.1, 0.15) is 5.75 Å². The van der Waals surface area contributed by atoms with Crippen molar-refractivity contribution in [3.63, 3.8) is 0 Å². The first-order valence-corrected chi connectivity index (χ1v) is 10.3. The molecule has 0 aromatic heterocycles. The standard InChI is InChI=1S/C22H34N2O3/c1-17-11-18(2)13-24(12-17)22(25)16-23(15-20-8-6-10-27-20)14-19-7-4-5-9-21(19)26-3/h4-5,7,9,17-18,20H,6,8,10-16H2,1-3H3. The summed E-state index contributed by atoms with van der Waals surface area (Å²) in [6.07, 6.45) is 3.63. The molecular formula is C22H34N2O3. The van der Waals surface area contributed by atoms with Gasteiger partial charge in [0.25, 0.3) is 0 Å². The van der Waals surface area contributed by atoms with Gasteiger partial charge in [0.05, 0.1) is 19.8 Å². The van der Waals surface area contributed by atoms with Gasteiger partial charge in [-0.3, -0.25) is 9.69 Å². The van der Waals surface area contributed by atoms with Crippen LogP contribution in [0.3, 0.4) is 0 Å². The molecule has 3 rings (SSSR count). The molecule has 2 heterocycles. The summed E-state index contributed by atoms with van der Waals surface area (Å²) in [6.45, 7) is 9.03. The normalized spacial score (nSPS) is 25.8. The zero-order valence-corrected chi connectivity index (χ0v) is 17.0. The smallest absolute Gasteiger partial charge is 0.236 e.